The van der Waals surface area contributed by atoms with Gasteiger partial charge < -0.3 is 10.6 Å². The third kappa shape index (κ3) is 2.34. The van der Waals surface area contributed by atoms with Crippen LogP contribution in [0.2, 0.25) is 0 Å². The lowest BCUT2D eigenvalue weighted by atomic mass is 10.1. The van der Waals surface area contributed by atoms with Gasteiger partial charge >= 0.3 is 0 Å². The first-order chi connectivity index (χ1) is 7.95. The first kappa shape index (κ1) is 12.9. The maximum absolute atomic E-state index is 12.2. The second-order valence-corrected chi connectivity index (χ2v) is 7.15. The van der Waals surface area contributed by atoms with Gasteiger partial charge in [-0.3, -0.25) is 0 Å². The minimum absolute atomic E-state index is 0.0290. The lowest BCUT2D eigenvalue weighted by molar-refractivity contribution is 0.560. The van der Waals surface area contributed by atoms with Crippen LogP contribution in [0.4, 0.5) is 5.69 Å². The molecule has 0 spiro atoms. The van der Waals surface area contributed by atoms with Crippen molar-refractivity contribution in [2.75, 3.05) is 24.2 Å². The van der Waals surface area contributed by atoms with Crippen LogP contribution in [0.1, 0.15) is 6.42 Å². The lowest BCUT2D eigenvalue weighted by Gasteiger charge is -2.35. The second-order valence-electron chi connectivity index (χ2n) is 4.24. The summed E-state index contributed by atoms with van der Waals surface area (Å²) in [4.78, 5) is 2.41. The minimum Gasteiger partial charge on any atom is -0.369 e. The predicted octanol–water partition coefficient (Wildman–Crippen LogP) is 1.39. The van der Waals surface area contributed by atoms with Gasteiger partial charge in [0, 0.05) is 17.6 Å². The number of rotatable bonds is 2. The molecule has 0 aromatic heterocycles. The van der Waals surface area contributed by atoms with E-state index >= 15 is 0 Å². The number of benzene rings is 1. The van der Waals surface area contributed by atoms with Crippen molar-refractivity contribution in [1.82, 2.24) is 0 Å². The summed E-state index contributed by atoms with van der Waals surface area (Å²) in [6.45, 7) is 0.496. The second kappa shape index (κ2) is 4.59. The van der Waals surface area contributed by atoms with Crippen LogP contribution in [-0.4, -0.2) is 33.8 Å². The molecule has 1 aromatic rings. The van der Waals surface area contributed by atoms with Crippen molar-refractivity contribution < 1.29 is 8.42 Å². The van der Waals surface area contributed by atoms with Crippen molar-refractivity contribution in [3.8, 4) is 0 Å². The summed E-state index contributed by atoms with van der Waals surface area (Å²) in [6, 6.07) is 5.33. The number of nitrogens with two attached hydrogens (primary N) is 1. The number of nitrogens with zero attached hydrogens (tertiary/aromatic N) is 1. The molecule has 1 unspecified atom stereocenters. The Morgan fingerprint density at radius 1 is 1.53 bits per heavy atom. The van der Waals surface area contributed by atoms with Crippen LogP contribution in [0.25, 0.3) is 0 Å². The van der Waals surface area contributed by atoms with Crippen molar-refractivity contribution in [2.24, 2.45) is 5.73 Å². The summed E-state index contributed by atoms with van der Waals surface area (Å²) in [6.07, 6.45) is 0.686. The van der Waals surface area contributed by atoms with Crippen molar-refractivity contribution in [1.29, 1.82) is 0 Å². The van der Waals surface area contributed by atoms with E-state index in [9.17, 15) is 8.42 Å². The van der Waals surface area contributed by atoms with Gasteiger partial charge in [-0.15, -0.1) is 0 Å². The van der Waals surface area contributed by atoms with Crippen LogP contribution in [0, 0.1) is 0 Å². The monoisotopic (exact) mass is 318 g/mol. The number of fused-ring (bicyclic) bond motifs is 1. The SMILES string of the molecule is CN1c2ccc(Br)cc2S(=O)(=O)CC1CCN. The molecule has 1 heterocycles. The number of anilines is 1. The molecule has 2 N–H and O–H groups in total. The summed E-state index contributed by atoms with van der Waals surface area (Å²) >= 11 is 3.30. The molecule has 1 aromatic carbocycles. The highest BCUT2D eigenvalue weighted by atomic mass is 79.9. The highest BCUT2D eigenvalue weighted by molar-refractivity contribution is 9.10. The molecule has 0 aliphatic carbocycles. The topological polar surface area (TPSA) is 63.4 Å². The molecule has 4 nitrogen and oxygen atoms in total. The van der Waals surface area contributed by atoms with Gasteiger partial charge in [0.25, 0.3) is 0 Å². The van der Waals surface area contributed by atoms with Crippen molar-refractivity contribution in [2.45, 2.75) is 17.4 Å². The lowest BCUT2D eigenvalue weighted by Crippen LogP contribution is -2.43. The van der Waals surface area contributed by atoms with Gasteiger partial charge in [0.2, 0.25) is 0 Å². The van der Waals surface area contributed by atoms with Crippen LogP contribution in [0.5, 0.6) is 0 Å². The third-order valence-corrected chi connectivity index (χ3v) is 5.41. The van der Waals surface area contributed by atoms with Crippen molar-refractivity contribution in [3.05, 3.63) is 22.7 Å². The van der Waals surface area contributed by atoms with Crippen LogP contribution in [0.3, 0.4) is 0 Å². The van der Waals surface area contributed by atoms with E-state index < -0.39 is 9.84 Å². The van der Waals surface area contributed by atoms with E-state index in [4.69, 9.17) is 5.73 Å². The molecule has 17 heavy (non-hydrogen) atoms. The van der Waals surface area contributed by atoms with Crippen molar-refractivity contribution in [3.63, 3.8) is 0 Å². The number of hydrogen-bond acceptors (Lipinski definition) is 4. The van der Waals surface area contributed by atoms with E-state index in [1.165, 1.54) is 0 Å². The molecule has 94 valence electrons. The summed E-state index contributed by atoms with van der Waals surface area (Å²) in [5.41, 5.74) is 6.29. The number of halogens is 1. The van der Waals surface area contributed by atoms with Gasteiger partial charge in [0.15, 0.2) is 9.84 Å². The molecular weight excluding hydrogens is 304 g/mol. The predicted molar refractivity (Wildman–Crippen MR) is 72.1 cm³/mol. The fourth-order valence-electron chi connectivity index (χ4n) is 2.15. The zero-order valence-corrected chi connectivity index (χ0v) is 12.0. The fourth-order valence-corrected chi connectivity index (χ4v) is 4.58. The van der Waals surface area contributed by atoms with E-state index in [-0.39, 0.29) is 11.8 Å². The standard InChI is InChI=1S/C11H15BrN2O2S/c1-14-9(4-5-13)7-17(15,16)11-6-8(12)2-3-10(11)14/h2-3,6,9H,4-5,7,13H2,1H3. The highest BCUT2D eigenvalue weighted by Crippen LogP contribution is 2.35. The van der Waals surface area contributed by atoms with E-state index in [2.05, 4.69) is 15.9 Å². The Morgan fingerprint density at radius 2 is 2.24 bits per heavy atom. The first-order valence-corrected chi connectivity index (χ1v) is 7.85. The summed E-state index contributed by atoms with van der Waals surface area (Å²) in [7, 11) is -1.28. The van der Waals surface area contributed by atoms with Crippen LogP contribution >= 0.6 is 15.9 Å². The molecule has 6 heteroatoms. The van der Waals surface area contributed by atoms with E-state index in [1.807, 2.05) is 24.1 Å². The minimum atomic E-state index is -3.20. The number of hydrogen-bond donors (Lipinski definition) is 1. The molecular formula is C11H15BrN2O2S. The van der Waals surface area contributed by atoms with Crippen LogP contribution < -0.4 is 10.6 Å². The first-order valence-electron chi connectivity index (χ1n) is 5.41. The quantitative estimate of drug-likeness (QED) is 0.895. The van der Waals surface area contributed by atoms with Gasteiger partial charge in [-0.25, -0.2) is 8.42 Å². The molecule has 0 fully saturated rings. The molecule has 0 radical (unpaired) electrons. The Morgan fingerprint density at radius 3 is 2.88 bits per heavy atom. The largest absolute Gasteiger partial charge is 0.369 e. The smallest absolute Gasteiger partial charge is 0.182 e. The molecule has 0 amide bonds. The van der Waals surface area contributed by atoms with Gasteiger partial charge in [0.05, 0.1) is 16.3 Å². The Labute approximate surface area is 110 Å². The van der Waals surface area contributed by atoms with E-state index in [0.29, 0.717) is 17.9 Å². The van der Waals surface area contributed by atoms with Gasteiger partial charge in [-0.1, -0.05) is 15.9 Å². The summed E-state index contributed by atoms with van der Waals surface area (Å²) in [5.74, 6) is 0.143. The molecule has 1 aliphatic heterocycles. The molecule has 0 bridgehead atoms. The van der Waals surface area contributed by atoms with Gasteiger partial charge in [0.1, 0.15) is 0 Å². The third-order valence-electron chi connectivity index (χ3n) is 3.10. The van der Waals surface area contributed by atoms with Gasteiger partial charge in [-0.2, -0.15) is 0 Å². The normalized spacial score (nSPS) is 22.3. The van der Waals surface area contributed by atoms with Gasteiger partial charge in [-0.05, 0) is 31.2 Å². The Balaban J connectivity index is 2.53. The highest BCUT2D eigenvalue weighted by Gasteiger charge is 2.33. The zero-order valence-electron chi connectivity index (χ0n) is 9.56. The maximum atomic E-state index is 12.2. The van der Waals surface area contributed by atoms with Crippen LogP contribution in [-0.2, 0) is 9.84 Å². The fraction of sp³-hybridized carbons (Fsp3) is 0.455. The van der Waals surface area contributed by atoms with E-state index in [0.717, 1.165) is 10.2 Å². The Hall–Kier alpha value is -0.590. The maximum Gasteiger partial charge on any atom is 0.182 e. The Kier molecular flexibility index (Phi) is 3.47. The summed E-state index contributed by atoms with van der Waals surface area (Å²) < 4.78 is 25.1. The summed E-state index contributed by atoms with van der Waals surface area (Å²) in [5, 5.41) is 0. The molecule has 1 atom stereocenters. The number of sulfone groups is 1. The Bertz CT molecular complexity index is 530. The average molecular weight is 319 g/mol. The average Bonchev–Trinajstić information content (AvgIpc) is 2.26. The van der Waals surface area contributed by atoms with Crippen LogP contribution in [0.15, 0.2) is 27.6 Å². The van der Waals surface area contributed by atoms with Crippen molar-refractivity contribution >= 4 is 31.5 Å². The molecule has 2 rings (SSSR count). The molecule has 0 saturated heterocycles. The molecule has 1 aliphatic rings. The molecule has 0 saturated carbocycles. The zero-order chi connectivity index (χ0) is 12.6. The van der Waals surface area contributed by atoms with E-state index in [1.54, 1.807) is 6.07 Å².